The van der Waals surface area contributed by atoms with Crippen molar-refractivity contribution < 1.29 is 9.59 Å². The van der Waals surface area contributed by atoms with E-state index in [2.05, 4.69) is 5.32 Å². The smallest absolute Gasteiger partial charge is 0.249 e. The standard InChI is InChI=1S/C15H18N2O2/c1-2-13-15(19)17(11-9-14(18)16-13)10-8-12-6-4-3-5-7-12/h3-7,9,11,13H,2,8,10H2,1H3,(H,16,18). The lowest BCUT2D eigenvalue weighted by Crippen LogP contribution is -2.44. The minimum absolute atomic E-state index is 0.0412. The average molecular weight is 258 g/mol. The van der Waals surface area contributed by atoms with Gasteiger partial charge in [-0.15, -0.1) is 0 Å². The van der Waals surface area contributed by atoms with Gasteiger partial charge in [-0.05, 0) is 18.4 Å². The highest BCUT2D eigenvalue weighted by Gasteiger charge is 2.25. The third-order valence-corrected chi connectivity index (χ3v) is 3.20. The van der Waals surface area contributed by atoms with Gasteiger partial charge >= 0.3 is 0 Å². The monoisotopic (exact) mass is 258 g/mol. The first-order valence-corrected chi connectivity index (χ1v) is 6.54. The summed E-state index contributed by atoms with van der Waals surface area (Å²) in [6.45, 7) is 2.48. The molecule has 1 aromatic carbocycles. The Morgan fingerprint density at radius 2 is 1.95 bits per heavy atom. The Bertz CT molecular complexity index is 482. The van der Waals surface area contributed by atoms with Crippen LogP contribution in [0, 0.1) is 0 Å². The number of benzene rings is 1. The minimum Gasteiger partial charge on any atom is -0.341 e. The van der Waals surface area contributed by atoms with Gasteiger partial charge in [-0.3, -0.25) is 9.59 Å². The zero-order valence-corrected chi connectivity index (χ0v) is 11.0. The number of hydrogen-bond acceptors (Lipinski definition) is 2. The molecule has 0 bridgehead atoms. The van der Waals surface area contributed by atoms with Gasteiger partial charge in [-0.2, -0.15) is 0 Å². The molecular weight excluding hydrogens is 240 g/mol. The number of hydrogen-bond donors (Lipinski definition) is 1. The van der Waals surface area contributed by atoms with Gasteiger partial charge in [-0.1, -0.05) is 37.3 Å². The second-order valence-electron chi connectivity index (χ2n) is 4.55. The molecular formula is C15H18N2O2. The van der Waals surface area contributed by atoms with Crippen LogP contribution in [0.3, 0.4) is 0 Å². The topological polar surface area (TPSA) is 49.4 Å². The largest absolute Gasteiger partial charge is 0.341 e. The van der Waals surface area contributed by atoms with Gasteiger partial charge < -0.3 is 10.2 Å². The van der Waals surface area contributed by atoms with E-state index in [1.807, 2.05) is 37.3 Å². The number of carbonyl (C=O) groups is 2. The lowest BCUT2D eigenvalue weighted by atomic mass is 10.1. The molecule has 1 aliphatic rings. The fourth-order valence-electron chi connectivity index (χ4n) is 2.07. The second kappa shape index (κ2) is 6.18. The molecule has 1 aromatic rings. The molecule has 1 N–H and O–H groups in total. The lowest BCUT2D eigenvalue weighted by Gasteiger charge is -2.21. The van der Waals surface area contributed by atoms with Crippen molar-refractivity contribution >= 4 is 11.8 Å². The van der Waals surface area contributed by atoms with E-state index < -0.39 is 6.04 Å². The molecule has 0 fully saturated rings. The highest BCUT2D eigenvalue weighted by atomic mass is 16.2. The molecule has 2 amide bonds. The Hall–Kier alpha value is -2.10. The summed E-state index contributed by atoms with van der Waals surface area (Å²) in [6, 6.07) is 9.58. The maximum absolute atomic E-state index is 12.2. The second-order valence-corrected chi connectivity index (χ2v) is 4.55. The number of carbonyl (C=O) groups excluding carboxylic acids is 2. The van der Waals surface area contributed by atoms with Crippen molar-refractivity contribution in [3.8, 4) is 0 Å². The Morgan fingerprint density at radius 3 is 2.63 bits per heavy atom. The predicted molar refractivity (Wildman–Crippen MR) is 73.2 cm³/mol. The van der Waals surface area contributed by atoms with E-state index in [0.29, 0.717) is 13.0 Å². The molecule has 0 aromatic heterocycles. The third-order valence-electron chi connectivity index (χ3n) is 3.20. The Labute approximate surface area is 113 Å². The van der Waals surface area contributed by atoms with Crippen LogP contribution in [0.1, 0.15) is 18.9 Å². The van der Waals surface area contributed by atoms with Crippen molar-refractivity contribution in [2.45, 2.75) is 25.8 Å². The number of nitrogens with zero attached hydrogens (tertiary/aromatic N) is 1. The number of rotatable bonds is 4. The predicted octanol–water partition coefficient (Wildman–Crippen LogP) is 1.48. The van der Waals surface area contributed by atoms with Crippen molar-refractivity contribution in [1.29, 1.82) is 0 Å². The van der Waals surface area contributed by atoms with Gasteiger partial charge in [0.05, 0.1) is 0 Å². The Morgan fingerprint density at radius 1 is 1.21 bits per heavy atom. The molecule has 4 nitrogen and oxygen atoms in total. The maximum Gasteiger partial charge on any atom is 0.249 e. The van der Waals surface area contributed by atoms with Crippen LogP contribution < -0.4 is 5.32 Å². The summed E-state index contributed by atoms with van der Waals surface area (Å²) in [7, 11) is 0. The van der Waals surface area contributed by atoms with Crippen LogP contribution in [0.4, 0.5) is 0 Å². The van der Waals surface area contributed by atoms with Gasteiger partial charge in [0.1, 0.15) is 6.04 Å². The van der Waals surface area contributed by atoms with Crippen LogP contribution in [-0.4, -0.2) is 29.3 Å². The van der Waals surface area contributed by atoms with Crippen molar-refractivity contribution in [3.05, 3.63) is 48.2 Å². The van der Waals surface area contributed by atoms with Gasteiger partial charge in [0.25, 0.3) is 0 Å². The molecule has 1 aliphatic heterocycles. The molecule has 4 heteroatoms. The van der Waals surface area contributed by atoms with E-state index in [1.165, 1.54) is 11.6 Å². The third kappa shape index (κ3) is 3.44. The van der Waals surface area contributed by atoms with Gasteiger partial charge in [-0.25, -0.2) is 0 Å². The molecule has 2 rings (SSSR count). The van der Waals surface area contributed by atoms with E-state index in [-0.39, 0.29) is 11.8 Å². The van der Waals surface area contributed by atoms with Crippen LogP contribution in [0.2, 0.25) is 0 Å². The molecule has 0 saturated carbocycles. The van der Waals surface area contributed by atoms with Crippen molar-refractivity contribution in [2.24, 2.45) is 0 Å². The van der Waals surface area contributed by atoms with Crippen molar-refractivity contribution in [3.63, 3.8) is 0 Å². The summed E-state index contributed by atoms with van der Waals surface area (Å²) in [5.41, 5.74) is 1.18. The van der Waals surface area contributed by atoms with E-state index in [9.17, 15) is 9.59 Å². The van der Waals surface area contributed by atoms with E-state index in [0.717, 1.165) is 6.42 Å². The molecule has 0 aliphatic carbocycles. The highest BCUT2D eigenvalue weighted by Crippen LogP contribution is 2.07. The SMILES string of the molecule is CCC1NC(=O)C=CN(CCc2ccccc2)C1=O. The quantitative estimate of drug-likeness (QED) is 0.889. The van der Waals surface area contributed by atoms with Gasteiger partial charge in [0, 0.05) is 18.8 Å². The molecule has 1 heterocycles. The van der Waals surface area contributed by atoms with Crippen LogP contribution in [-0.2, 0) is 16.0 Å². The highest BCUT2D eigenvalue weighted by molar-refractivity contribution is 5.95. The van der Waals surface area contributed by atoms with Gasteiger partial charge in [0.2, 0.25) is 11.8 Å². The molecule has 100 valence electrons. The first-order chi connectivity index (χ1) is 9.20. The Balaban J connectivity index is 2.03. The number of amides is 2. The first-order valence-electron chi connectivity index (χ1n) is 6.54. The zero-order valence-electron chi connectivity index (χ0n) is 11.0. The summed E-state index contributed by atoms with van der Waals surface area (Å²) in [6.07, 6.45) is 4.38. The molecule has 1 atom stereocenters. The summed E-state index contributed by atoms with van der Waals surface area (Å²) >= 11 is 0. The lowest BCUT2D eigenvalue weighted by molar-refractivity contribution is -0.132. The van der Waals surface area contributed by atoms with Crippen LogP contribution in [0.5, 0.6) is 0 Å². The van der Waals surface area contributed by atoms with Gasteiger partial charge in [0.15, 0.2) is 0 Å². The summed E-state index contributed by atoms with van der Waals surface area (Å²) < 4.78 is 0. The number of nitrogens with one attached hydrogen (secondary N) is 1. The van der Waals surface area contributed by atoms with E-state index >= 15 is 0 Å². The van der Waals surface area contributed by atoms with Crippen LogP contribution in [0.15, 0.2) is 42.6 Å². The Kier molecular flexibility index (Phi) is 4.34. The van der Waals surface area contributed by atoms with E-state index in [1.54, 1.807) is 11.1 Å². The van der Waals surface area contributed by atoms with Crippen molar-refractivity contribution in [2.75, 3.05) is 6.54 Å². The summed E-state index contributed by atoms with van der Waals surface area (Å²) in [5, 5.41) is 2.69. The molecule has 0 spiro atoms. The fourth-order valence-corrected chi connectivity index (χ4v) is 2.07. The minimum atomic E-state index is -0.418. The van der Waals surface area contributed by atoms with Crippen molar-refractivity contribution in [1.82, 2.24) is 10.2 Å². The first kappa shape index (κ1) is 13.3. The van der Waals surface area contributed by atoms with Crippen LogP contribution in [0.25, 0.3) is 0 Å². The molecule has 19 heavy (non-hydrogen) atoms. The fraction of sp³-hybridized carbons (Fsp3) is 0.333. The van der Waals surface area contributed by atoms with E-state index in [4.69, 9.17) is 0 Å². The molecule has 1 unspecified atom stereocenters. The van der Waals surface area contributed by atoms with Crippen LogP contribution >= 0.6 is 0 Å². The molecule has 0 saturated heterocycles. The zero-order chi connectivity index (χ0) is 13.7. The average Bonchev–Trinajstić information content (AvgIpc) is 2.58. The summed E-state index contributed by atoms with van der Waals surface area (Å²) in [5.74, 6) is -0.247. The maximum atomic E-state index is 12.2. The summed E-state index contributed by atoms with van der Waals surface area (Å²) in [4.78, 5) is 25.3. The molecule has 0 radical (unpaired) electrons. The normalized spacial score (nSPS) is 19.2.